The first-order chi connectivity index (χ1) is 7.60. The number of nitrogen functional groups attached to an aromatic ring is 1. The molecule has 0 saturated carbocycles. The van der Waals surface area contributed by atoms with Crippen molar-refractivity contribution in [2.24, 2.45) is 0 Å². The number of esters is 1. The Morgan fingerprint density at radius 3 is 2.75 bits per heavy atom. The van der Waals surface area contributed by atoms with E-state index in [0.29, 0.717) is 28.6 Å². The lowest BCUT2D eigenvalue weighted by atomic mass is 10.1. The Balaban J connectivity index is 2.96. The van der Waals surface area contributed by atoms with E-state index in [1.165, 1.54) is 7.11 Å². The van der Waals surface area contributed by atoms with Crippen molar-refractivity contribution in [1.29, 1.82) is 0 Å². The van der Waals surface area contributed by atoms with E-state index in [1.807, 2.05) is 0 Å². The lowest BCUT2D eigenvalue weighted by Crippen LogP contribution is -2.09. The molecule has 0 amide bonds. The monoisotopic (exact) mass is 243 g/mol. The minimum atomic E-state index is -0.317. The van der Waals surface area contributed by atoms with Gasteiger partial charge in [-0.25, -0.2) is 0 Å². The molecule has 16 heavy (non-hydrogen) atoms. The fourth-order valence-corrected chi connectivity index (χ4v) is 1.52. The number of rotatable bonds is 4. The van der Waals surface area contributed by atoms with E-state index in [9.17, 15) is 4.79 Å². The molecule has 0 spiro atoms. The van der Waals surface area contributed by atoms with E-state index in [-0.39, 0.29) is 12.4 Å². The van der Waals surface area contributed by atoms with Gasteiger partial charge < -0.3 is 15.2 Å². The van der Waals surface area contributed by atoms with Gasteiger partial charge in [0.25, 0.3) is 0 Å². The predicted octanol–water partition coefficient (Wildman–Crippen LogP) is 2.04. The van der Waals surface area contributed by atoms with Crippen LogP contribution in [0.5, 0.6) is 5.75 Å². The van der Waals surface area contributed by atoms with Crippen molar-refractivity contribution in [2.45, 2.75) is 13.3 Å². The smallest absolute Gasteiger partial charge is 0.310 e. The summed E-state index contributed by atoms with van der Waals surface area (Å²) in [7, 11) is 1.48. The molecule has 2 N–H and O–H groups in total. The third kappa shape index (κ3) is 2.79. The second-order valence-electron chi connectivity index (χ2n) is 3.14. The summed E-state index contributed by atoms with van der Waals surface area (Å²) in [5, 5.41) is 0.407. The van der Waals surface area contributed by atoms with Gasteiger partial charge in [-0.2, -0.15) is 0 Å². The highest BCUT2D eigenvalue weighted by atomic mass is 35.5. The van der Waals surface area contributed by atoms with Gasteiger partial charge in [-0.1, -0.05) is 17.7 Å². The lowest BCUT2D eigenvalue weighted by molar-refractivity contribution is -0.142. The second kappa shape index (κ2) is 5.61. The van der Waals surface area contributed by atoms with Crippen LogP contribution in [-0.4, -0.2) is 19.7 Å². The van der Waals surface area contributed by atoms with Gasteiger partial charge in [0.05, 0.1) is 30.8 Å². The van der Waals surface area contributed by atoms with Gasteiger partial charge in [0, 0.05) is 5.56 Å². The van der Waals surface area contributed by atoms with Crippen molar-refractivity contribution in [3.8, 4) is 5.75 Å². The molecule has 88 valence electrons. The molecule has 0 atom stereocenters. The number of hydrogen-bond acceptors (Lipinski definition) is 4. The summed E-state index contributed by atoms with van der Waals surface area (Å²) < 4.78 is 9.97. The molecule has 0 bridgehead atoms. The van der Waals surface area contributed by atoms with Crippen molar-refractivity contribution < 1.29 is 14.3 Å². The van der Waals surface area contributed by atoms with Gasteiger partial charge in [-0.15, -0.1) is 0 Å². The molecule has 0 heterocycles. The first kappa shape index (κ1) is 12.6. The molecule has 1 aromatic carbocycles. The molecule has 0 saturated heterocycles. The van der Waals surface area contributed by atoms with Gasteiger partial charge in [-0.3, -0.25) is 4.79 Å². The molecule has 4 nitrogen and oxygen atoms in total. The molecule has 0 aliphatic heterocycles. The molecular formula is C11H14ClNO3. The highest BCUT2D eigenvalue weighted by Gasteiger charge is 2.13. The number of ether oxygens (including phenoxy) is 2. The standard InChI is InChI=1S/C11H14ClNO3/c1-3-16-9(14)6-7-4-5-8(12)10(13)11(7)15-2/h4-5H,3,6,13H2,1-2H3. The molecular weight excluding hydrogens is 230 g/mol. The molecule has 0 aliphatic rings. The molecule has 0 radical (unpaired) electrons. The van der Waals surface area contributed by atoms with Crippen LogP contribution in [0.3, 0.4) is 0 Å². The van der Waals surface area contributed by atoms with E-state index < -0.39 is 0 Å². The highest BCUT2D eigenvalue weighted by Crippen LogP contribution is 2.33. The normalized spacial score (nSPS) is 9.94. The summed E-state index contributed by atoms with van der Waals surface area (Å²) in [6.07, 6.45) is 0.123. The van der Waals surface area contributed by atoms with E-state index in [4.69, 9.17) is 26.8 Å². The van der Waals surface area contributed by atoms with Crippen LogP contribution >= 0.6 is 11.6 Å². The van der Waals surface area contributed by atoms with E-state index in [0.717, 1.165) is 0 Å². The average Bonchev–Trinajstić information content (AvgIpc) is 2.24. The van der Waals surface area contributed by atoms with Crippen molar-refractivity contribution in [3.05, 3.63) is 22.7 Å². The fraction of sp³-hybridized carbons (Fsp3) is 0.364. The number of carbonyl (C=O) groups is 1. The molecule has 0 unspecified atom stereocenters. The Morgan fingerprint density at radius 2 is 2.19 bits per heavy atom. The quantitative estimate of drug-likeness (QED) is 0.649. The molecule has 1 rings (SSSR count). The first-order valence-electron chi connectivity index (χ1n) is 4.86. The molecule has 0 aliphatic carbocycles. The molecule has 1 aromatic rings. The maximum Gasteiger partial charge on any atom is 0.310 e. The van der Waals surface area contributed by atoms with E-state index in [2.05, 4.69) is 0 Å². The zero-order valence-corrected chi connectivity index (χ0v) is 10.0. The van der Waals surface area contributed by atoms with Crippen molar-refractivity contribution in [3.63, 3.8) is 0 Å². The summed E-state index contributed by atoms with van der Waals surface area (Å²) in [6, 6.07) is 3.34. The number of anilines is 1. The summed E-state index contributed by atoms with van der Waals surface area (Å²) >= 11 is 5.84. The van der Waals surface area contributed by atoms with Crippen molar-refractivity contribution in [2.75, 3.05) is 19.5 Å². The number of benzene rings is 1. The summed E-state index contributed by atoms with van der Waals surface area (Å²) in [5.41, 5.74) is 6.74. The van der Waals surface area contributed by atoms with E-state index in [1.54, 1.807) is 19.1 Å². The van der Waals surface area contributed by atoms with Crippen LogP contribution in [0.4, 0.5) is 5.69 Å². The average molecular weight is 244 g/mol. The third-order valence-corrected chi connectivity index (χ3v) is 2.40. The number of halogens is 1. The summed E-state index contributed by atoms with van der Waals surface area (Å²) in [4.78, 5) is 11.3. The Morgan fingerprint density at radius 1 is 1.50 bits per heavy atom. The van der Waals surface area contributed by atoms with Crippen LogP contribution in [0.2, 0.25) is 5.02 Å². The van der Waals surface area contributed by atoms with Crippen LogP contribution in [0.15, 0.2) is 12.1 Å². The third-order valence-electron chi connectivity index (χ3n) is 2.07. The lowest BCUT2D eigenvalue weighted by Gasteiger charge is -2.11. The highest BCUT2D eigenvalue weighted by molar-refractivity contribution is 6.33. The molecule has 0 aromatic heterocycles. The minimum Gasteiger partial charge on any atom is -0.494 e. The maximum atomic E-state index is 11.3. The largest absolute Gasteiger partial charge is 0.494 e. The second-order valence-corrected chi connectivity index (χ2v) is 3.54. The SMILES string of the molecule is CCOC(=O)Cc1ccc(Cl)c(N)c1OC. The topological polar surface area (TPSA) is 61.5 Å². The van der Waals surface area contributed by atoms with Crippen LogP contribution in [0.1, 0.15) is 12.5 Å². The van der Waals surface area contributed by atoms with Gasteiger partial charge >= 0.3 is 5.97 Å². The maximum absolute atomic E-state index is 11.3. The van der Waals surface area contributed by atoms with Crippen LogP contribution in [0.25, 0.3) is 0 Å². The molecule has 0 fully saturated rings. The summed E-state index contributed by atoms with van der Waals surface area (Å²) in [6.45, 7) is 2.11. The Bertz CT molecular complexity index is 393. The van der Waals surface area contributed by atoms with Crippen LogP contribution in [-0.2, 0) is 16.0 Å². The number of methoxy groups -OCH3 is 1. The predicted molar refractivity (Wildman–Crippen MR) is 62.8 cm³/mol. The number of hydrogen-bond donors (Lipinski definition) is 1. The van der Waals surface area contributed by atoms with Crippen LogP contribution in [0, 0.1) is 0 Å². The van der Waals surface area contributed by atoms with Crippen molar-refractivity contribution >= 4 is 23.3 Å². The van der Waals surface area contributed by atoms with Gasteiger partial charge in [0.1, 0.15) is 5.75 Å². The minimum absolute atomic E-state index is 0.123. The Labute approximate surface area is 99.3 Å². The number of carbonyl (C=O) groups excluding carboxylic acids is 1. The zero-order valence-electron chi connectivity index (χ0n) is 9.25. The van der Waals surface area contributed by atoms with E-state index >= 15 is 0 Å². The number of nitrogens with two attached hydrogens (primary N) is 1. The van der Waals surface area contributed by atoms with Gasteiger partial charge in [0.15, 0.2) is 0 Å². The Kier molecular flexibility index (Phi) is 4.43. The fourth-order valence-electron chi connectivity index (χ4n) is 1.37. The van der Waals surface area contributed by atoms with Crippen LogP contribution < -0.4 is 10.5 Å². The van der Waals surface area contributed by atoms with Gasteiger partial charge in [0.2, 0.25) is 0 Å². The first-order valence-corrected chi connectivity index (χ1v) is 5.24. The Hall–Kier alpha value is -1.42. The van der Waals surface area contributed by atoms with Crippen molar-refractivity contribution in [1.82, 2.24) is 0 Å². The zero-order chi connectivity index (χ0) is 12.1. The molecule has 5 heteroatoms. The van der Waals surface area contributed by atoms with Gasteiger partial charge in [-0.05, 0) is 13.0 Å². The summed E-state index contributed by atoms with van der Waals surface area (Å²) in [5.74, 6) is 0.114.